The van der Waals surface area contributed by atoms with Crippen molar-refractivity contribution in [2.45, 2.75) is 39.7 Å². The van der Waals surface area contributed by atoms with Gasteiger partial charge in [0.1, 0.15) is 5.82 Å². The molecule has 0 aliphatic carbocycles. The summed E-state index contributed by atoms with van der Waals surface area (Å²) in [4.78, 5) is 16.1. The first-order chi connectivity index (χ1) is 14.6. The fraction of sp³-hybridized carbons (Fsp3) is 0.240. The molecular formula is C25H27N3O2. The molecule has 5 nitrogen and oxygen atoms in total. The summed E-state index contributed by atoms with van der Waals surface area (Å²) >= 11 is 0. The average molecular weight is 402 g/mol. The SMILES string of the molecule is C/C=C/Cc1nc(C/C=C/C)n(Cc2ccc(Cc3ccccc3C(=O)O)cc2)n1. The summed E-state index contributed by atoms with van der Waals surface area (Å²) in [6.07, 6.45) is 10.2. The predicted molar refractivity (Wildman–Crippen MR) is 119 cm³/mol. The molecule has 2 aromatic carbocycles. The zero-order chi connectivity index (χ0) is 21.3. The largest absolute Gasteiger partial charge is 0.478 e. The second-order valence-electron chi connectivity index (χ2n) is 7.10. The van der Waals surface area contributed by atoms with Gasteiger partial charge in [0.05, 0.1) is 12.1 Å². The van der Waals surface area contributed by atoms with Gasteiger partial charge in [-0.15, -0.1) is 0 Å². The highest BCUT2D eigenvalue weighted by molar-refractivity contribution is 5.89. The van der Waals surface area contributed by atoms with Gasteiger partial charge in [0.15, 0.2) is 5.82 Å². The van der Waals surface area contributed by atoms with Crippen molar-refractivity contribution >= 4 is 5.97 Å². The Morgan fingerprint density at radius 2 is 1.63 bits per heavy atom. The van der Waals surface area contributed by atoms with Crippen molar-refractivity contribution in [2.75, 3.05) is 0 Å². The summed E-state index contributed by atoms with van der Waals surface area (Å²) in [7, 11) is 0. The second kappa shape index (κ2) is 10.3. The van der Waals surface area contributed by atoms with Gasteiger partial charge in [-0.2, -0.15) is 5.10 Å². The molecule has 0 aliphatic heterocycles. The molecule has 1 N–H and O–H groups in total. The molecule has 0 saturated carbocycles. The van der Waals surface area contributed by atoms with Crippen LogP contribution in [0.15, 0.2) is 72.8 Å². The van der Waals surface area contributed by atoms with E-state index in [2.05, 4.69) is 46.5 Å². The number of carboxylic acid groups (broad SMARTS) is 1. The number of rotatable bonds is 9. The number of benzene rings is 2. The van der Waals surface area contributed by atoms with Crippen LogP contribution in [-0.4, -0.2) is 25.8 Å². The van der Waals surface area contributed by atoms with Gasteiger partial charge >= 0.3 is 5.97 Å². The van der Waals surface area contributed by atoms with Crippen molar-refractivity contribution in [1.29, 1.82) is 0 Å². The number of carboxylic acids is 1. The molecule has 0 radical (unpaired) electrons. The third-order valence-electron chi connectivity index (χ3n) is 4.86. The van der Waals surface area contributed by atoms with E-state index in [0.717, 1.165) is 41.2 Å². The summed E-state index contributed by atoms with van der Waals surface area (Å²) in [5.74, 6) is 0.886. The minimum Gasteiger partial charge on any atom is -0.478 e. The highest BCUT2D eigenvalue weighted by Crippen LogP contribution is 2.16. The van der Waals surface area contributed by atoms with Gasteiger partial charge in [-0.1, -0.05) is 66.8 Å². The van der Waals surface area contributed by atoms with Gasteiger partial charge in [-0.3, -0.25) is 0 Å². The maximum Gasteiger partial charge on any atom is 0.335 e. The summed E-state index contributed by atoms with van der Waals surface area (Å²) in [6, 6.07) is 15.4. The number of hydrogen-bond acceptors (Lipinski definition) is 3. The van der Waals surface area contributed by atoms with Crippen LogP contribution in [0.25, 0.3) is 0 Å². The van der Waals surface area contributed by atoms with Crippen LogP contribution < -0.4 is 0 Å². The number of hydrogen-bond donors (Lipinski definition) is 1. The molecule has 1 aromatic heterocycles. The van der Waals surface area contributed by atoms with E-state index < -0.39 is 5.97 Å². The van der Waals surface area contributed by atoms with Gasteiger partial charge in [0, 0.05) is 12.8 Å². The third kappa shape index (κ3) is 5.54. The number of aromatic carboxylic acids is 1. The van der Waals surface area contributed by atoms with Crippen LogP contribution >= 0.6 is 0 Å². The van der Waals surface area contributed by atoms with E-state index in [1.165, 1.54) is 0 Å². The van der Waals surface area contributed by atoms with E-state index in [-0.39, 0.29) is 0 Å². The van der Waals surface area contributed by atoms with Gasteiger partial charge in [-0.05, 0) is 43.0 Å². The van der Waals surface area contributed by atoms with Crippen LogP contribution in [0.5, 0.6) is 0 Å². The van der Waals surface area contributed by atoms with Crippen LogP contribution in [0.4, 0.5) is 0 Å². The topological polar surface area (TPSA) is 68.0 Å². The first-order valence-electron chi connectivity index (χ1n) is 10.1. The molecule has 3 aromatic rings. The zero-order valence-electron chi connectivity index (χ0n) is 17.5. The van der Waals surface area contributed by atoms with Gasteiger partial charge in [0.25, 0.3) is 0 Å². The van der Waals surface area contributed by atoms with Crippen molar-refractivity contribution < 1.29 is 9.90 Å². The molecular weight excluding hydrogens is 374 g/mol. The van der Waals surface area contributed by atoms with Crippen molar-refractivity contribution in [3.63, 3.8) is 0 Å². The van der Waals surface area contributed by atoms with Crippen molar-refractivity contribution in [3.8, 4) is 0 Å². The molecule has 1 heterocycles. The highest BCUT2D eigenvalue weighted by atomic mass is 16.4. The summed E-state index contributed by atoms with van der Waals surface area (Å²) in [5, 5.41) is 14.0. The Morgan fingerprint density at radius 3 is 2.33 bits per heavy atom. The molecule has 0 fully saturated rings. The van der Waals surface area contributed by atoms with E-state index in [1.807, 2.05) is 42.8 Å². The van der Waals surface area contributed by atoms with Crippen molar-refractivity contribution in [2.24, 2.45) is 0 Å². The van der Waals surface area contributed by atoms with E-state index in [0.29, 0.717) is 18.5 Å². The van der Waals surface area contributed by atoms with Crippen LogP contribution in [0.3, 0.4) is 0 Å². The van der Waals surface area contributed by atoms with Crippen LogP contribution in [0, 0.1) is 0 Å². The second-order valence-corrected chi connectivity index (χ2v) is 7.10. The lowest BCUT2D eigenvalue weighted by atomic mass is 9.99. The third-order valence-corrected chi connectivity index (χ3v) is 4.86. The first-order valence-corrected chi connectivity index (χ1v) is 10.1. The van der Waals surface area contributed by atoms with Gasteiger partial charge in [0.2, 0.25) is 0 Å². The van der Waals surface area contributed by atoms with Crippen LogP contribution in [0.2, 0.25) is 0 Å². The number of carbonyl (C=O) groups is 1. The summed E-state index contributed by atoms with van der Waals surface area (Å²) in [6.45, 7) is 4.65. The van der Waals surface area contributed by atoms with Gasteiger partial charge < -0.3 is 5.11 Å². The maximum absolute atomic E-state index is 11.4. The fourth-order valence-electron chi connectivity index (χ4n) is 3.28. The molecule has 0 saturated heterocycles. The number of aromatic nitrogens is 3. The molecule has 5 heteroatoms. The average Bonchev–Trinajstić information content (AvgIpc) is 3.13. The fourth-order valence-corrected chi connectivity index (χ4v) is 3.28. The normalized spacial score (nSPS) is 11.5. The molecule has 0 bridgehead atoms. The number of nitrogens with zero attached hydrogens (tertiary/aromatic N) is 3. The molecule has 0 atom stereocenters. The minimum atomic E-state index is -0.893. The molecule has 3 rings (SSSR count). The first kappa shape index (κ1) is 21.2. The van der Waals surface area contributed by atoms with Crippen molar-refractivity contribution in [3.05, 3.63) is 107 Å². The van der Waals surface area contributed by atoms with E-state index in [9.17, 15) is 9.90 Å². The van der Waals surface area contributed by atoms with E-state index in [4.69, 9.17) is 0 Å². The maximum atomic E-state index is 11.4. The lowest BCUT2D eigenvalue weighted by Crippen LogP contribution is -2.07. The Hall–Kier alpha value is -3.47. The summed E-state index contributed by atoms with van der Waals surface area (Å²) < 4.78 is 1.97. The Bertz CT molecular complexity index is 1050. The lowest BCUT2D eigenvalue weighted by molar-refractivity contribution is 0.0696. The smallest absolute Gasteiger partial charge is 0.335 e. The van der Waals surface area contributed by atoms with E-state index >= 15 is 0 Å². The molecule has 0 aliphatic rings. The van der Waals surface area contributed by atoms with Gasteiger partial charge in [-0.25, -0.2) is 14.5 Å². The molecule has 30 heavy (non-hydrogen) atoms. The molecule has 0 amide bonds. The minimum absolute atomic E-state index is 0.353. The predicted octanol–water partition coefficient (Wildman–Crippen LogP) is 4.85. The van der Waals surface area contributed by atoms with Crippen LogP contribution in [-0.2, 0) is 25.8 Å². The quantitative estimate of drug-likeness (QED) is 0.520. The highest BCUT2D eigenvalue weighted by Gasteiger charge is 2.11. The lowest BCUT2D eigenvalue weighted by Gasteiger charge is -2.08. The Morgan fingerprint density at radius 1 is 0.967 bits per heavy atom. The molecule has 154 valence electrons. The molecule has 0 spiro atoms. The van der Waals surface area contributed by atoms with Crippen molar-refractivity contribution in [1.82, 2.24) is 14.8 Å². The Balaban J connectivity index is 1.76. The zero-order valence-corrected chi connectivity index (χ0v) is 17.5. The number of allylic oxidation sites excluding steroid dienone is 4. The van der Waals surface area contributed by atoms with E-state index in [1.54, 1.807) is 12.1 Å². The molecule has 0 unspecified atom stereocenters. The Kier molecular flexibility index (Phi) is 7.33. The standard InChI is InChI=1S/C25H27N3O2/c1-3-5-11-23-26-24(12-6-4-2)28(27-23)18-20-15-13-19(14-16-20)17-21-9-7-8-10-22(21)25(29)30/h3-10,13-16H,11-12,17-18H2,1-2H3,(H,29,30)/b5-3+,6-4+. The van der Waals surface area contributed by atoms with Crippen LogP contribution in [0.1, 0.15) is 52.5 Å². The summed E-state index contributed by atoms with van der Waals surface area (Å²) in [5.41, 5.74) is 3.38. The Labute approximate surface area is 177 Å². The monoisotopic (exact) mass is 401 g/mol.